The number of benzene rings is 2. The Morgan fingerprint density at radius 3 is 2.26 bits per heavy atom. The molecule has 0 aliphatic carbocycles. The van der Waals surface area contributed by atoms with Crippen molar-refractivity contribution in [2.75, 3.05) is 11.8 Å². The maximum absolute atomic E-state index is 13.5. The van der Waals surface area contributed by atoms with Crippen LogP contribution in [0.5, 0.6) is 0 Å². The number of esters is 1. The van der Waals surface area contributed by atoms with Gasteiger partial charge < -0.3 is 15.4 Å². The fourth-order valence-electron chi connectivity index (χ4n) is 3.72. The second kappa shape index (κ2) is 13.8. The number of carbonyl (C=O) groups is 3. The molecular formula is C26H30N4O7S2. The summed E-state index contributed by atoms with van der Waals surface area (Å²) in [5.74, 6) is -1.81. The number of ether oxygens (including phenoxy) is 1. The molecule has 0 saturated heterocycles. The third kappa shape index (κ3) is 9.78. The second-order valence-corrected chi connectivity index (χ2v) is 10.7. The number of thiazole rings is 1. The number of carbonyl (C=O) groups excluding carboxylic acids is 3. The molecule has 3 aromatic rings. The molecule has 0 radical (unpaired) electrons. The Morgan fingerprint density at radius 1 is 1.00 bits per heavy atom. The van der Waals surface area contributed by atoms with E-state index in [0.29, 0.717) is 17.8 Å². The largest absolute Gasteiger partial charge is 0.469 e. The molecule has 1 heterocycles. The molecular weight excluding hydrogens is 544 g/mol. The van der Waals surface area contributed by atoms with Gasteiger partial charge in [-0.3, -0.25) is 23.7 Å². The summed E-state index contributed by atoms with van der Waals surface area (Å²) in [6.45, 7) is 1.97. The summed E-state index contributed by atoms with van der Waals surface area (Å²) in [4.78, 5) is 42.2. The van der Waals surface area contributed by atoms with E-state index in [1.807, 2.05) is 47.4 Å². The van der Waals surface area contributed by atoms with Crippen molar-refractivity contribution in [2.24, 2.45) is 0 Å². The van der Waals surface area contributed by atoms with Gasteiger partial charge in [0.1, 0.15) is 17.5 Å². The maximum atomic E-state index is 13.5. The molecule has 13 heteroatoms. The number of nitrogens with zero attached hydrogens (tertiary/aromatic N) is 1. The molecule has 208 valence electrons. The van der Waals surface area contributed by atoms with Crippen LogP contribution in [0.2, 0.25) is 0 Å². The molecule has 2 amide bonds. The highest BCUT2D eigenvalue weighted by Gasteiger charge is 2.27. The summed E-state index contributed by atoms with van der Waals surface area (Å²) in [5, 5.41) is 8.21. The molecule has 0 fully saturated rings. The lowest BCUT2D eigenvalue weighted by Crippen LogP contribution is -2.49. The monoisotopic (exact) mass is 574 g/mol. The van der Waals surface area contributed by atoms with Crippen LogP contribution in [-0.4, -0.2) is 48.9 Å². The molecule has 0 aliphatic rings. The van der Waals surface area contributed by atoms with Crippen LogP contribution in [0.1, 0.15) is 41.2 Å². The van der Waals surface area contributed by atoms with Gasteiger partial charge in [0.2, 0.25) is 11.8 Å². The average molecular weight is 575 g/mol. The first kappa shape index (κ1) is 29.7. The number of aryl methyl sites for hydroxylation is 1. The third-order valence-corrected chi connectivity index (χ3v) is 7.15. The molecule has 0 bridgehead atoms. The number of nitrogens with one attached hydrogen (secondary N) is 3. The first-order valence-corrected chi connectivity index (χ1v) is 14.4. The average Bonchev–Trinajstić information content (AvgIpc) is 3.38. The van der Waals surface area contributed by atoms with Gasteiger partial charge in [-0.15, -0.1) is 11.3 Å². The minimum absolute atomic E-state index is 0.181. The van der Waals surface area contributed by atoms with Crippen molar-refractivity contribution < 1.29 is 32.1 Å². The fourth-order valence-corrected chi connectivity index (χ4v) is 5.11. The fraction of sp³-hybridized carbons (Fsp3) is 0.308. The first-order chi connectivity index (χ1) is 18.6. The van der Waals surface area contributed by atoms with Gasteiger partial charge in [-0.2, -0.15) is 8.42 Å². The van der Waals surface area contributed by atoms with Crippen LogP contribution < -0.4 is 15.4 Å². The number of hydrogen-bond acceptors (Lipinski definition) is 8. The first-order valence-electron chi connectivity index (χ1n) is 12.0. The maximum Gasteiger partial charge on any atom is 0.357 e. The Balaban J connectivity index is 1.83. The molecule has 39 heavy (non-hydrogen) atoms. The van der Waals surface area contributed by atoms with E-state index in [0.717, 1.165) is 16.8 Å². The smallest absolute Gasteiger partial charge is 0.357 e. The topological polar surface area (TPSA) is 164 Å². The van der Waals surface area contributed by atoms with E-state index in [1.54, 1.807) is 12.1 Å². The summed E-state index contributed by atoms with van der Waals surface area (Å²) in [5.41, 5.74) is 2.63. The van der Waals surface area contributed by atoms with Crippen LogP contribution >= 0.6 is 11.3 Å². The Labute approximate surface area is 230 Å². The van der Waals surface area contributed by atoms with Crippen molar-refractivity contribution in [1.29, 1.82) is 0 Å². The lowest BCUT2D eigenvalue weighted by Gasteiger charge is -2.23. The van der Waals surface area contributed by atoms with E-state index < -0.39 is 46.6 Å². The predicted octanol–water partition coefficient (Wildman–Crippen LogP) is 2.61. The highest BCUT2D eigenvalue weighted by atomic mass is 32.2. The van der Waals surface area contributed by atoms with Crippen LogP contribution in [0.25, 0.3) is 0 Å². The van der Waals surface area contributed by atoms with Crippen molar-refractivity contribution >= 4 is 45.1 Å². The third-order valence-electron chi connectivity index (χ3n) is 5.65. The number of methoxy groups -OCH3 is 1. The number of rotatable bonds is 13. The van der Waals surface area contributed by atoms with Crippen molar-refractivity contribution in [2.45, 2.75) is 44.7 Å². The number of amides is 2. The van der Waals surface area contributed by atoms with E-state index in [9.17, 15) is 22.8 Å². The zero-order chi connectivity index (χ0) is 28.4. The van der Waals surface area contributed by atoms with Crippen molar-refractivity contribution in [3.63, 3.8) is 0 Å². The van der Waals surface area contributed by atoms with Gasteiger partial charge in [0.05, 0.1) is 24.5 Å². The molecule has 0 saturated carbocycles. The SMILES string of the molecule is CCc1csc(C(Cc2ccc(NS(=O)(=O)O)cc2)NC(=O)C(Cc2ccccc2)NC(=O)CC(=O)OC)n1. The molecule has 4 N–H and O–H groups in total. The molecule has 2 atom stereocenters. The quantitative estimate of drug-likeness (QED) is 0.137. The zero-order valence-corrected chi connectivity index (χ0v) is 23.1. The van der Waals surface area contributed by atoms with Crippen LogP contribution in [-0.2, 0) is 48.7 Å². The van der Waals surface area contributed by atoms with Gasteiger partial charge >= 0.3 is 16.3 Å². The van der Waals surface area contributed by atoms with Crippen LogP contribution in [0.15, 0.2) is 60.0 Å². The van der Waals surface area contributed by atoms with Crippen molar-refractivity contribution in [1.82, 2.24) is 15.6 Å². The van der Waals surface area contributed by atoms with Crippen molar-refractivity contribution in [3.8, 4) is 0 Å². The van der Waals surface area contributed by atoms with Crippen LogP contribution in [0.3, 0.4) is 0 Å². The molecule has 11 nitrogen and oxygen atoms in total. The second-order valence-electron chi connectivity index (χ2n) is 8.63. The summed E-state index contributed by atoms with van der Waals surface area (Å²) < 4.78 is 37.7. The van der Waals surface area contributed by atoms with E-state index in [-0.39, 0.29) is 12.1 Å². The zero-order valence-electron chi connectivity index (χ0n) is 21.4. The lowest BCUT2D eigenvalue weighted by atomic mass is 10.0. The number of aromatic nitrogens is 1. The standard InChI is InChI=1S/C26H30N4O7S2/c1-3-19-16-38-26(27-19)22(14-18-9-11-20(12-10-18)30-39(34,35)36)29-25(33)21(13-17-7-5-4-6-8-17)28-23(31)15-24(32)37-2/h4-12,16,21-22,30H,3,13-15H2,1-2H3,(H,28,31)(H,29,33)(H,34,35,36). The number of anilines is 1. The molecule has 1 aromatic heterocycles. The predicted molar refractivity (Wildman–Crippen MR) is 146 cm³/mol. The lowest BCUT2D eigenvalue weighted by molar-refractivity contribution is -0.144. The van der Waals surface area contributed by atoms with Crippen molar-refractivity contribution in [3.05, 3.63) is 81.8 Å². The number of hydrogen-bond donors (Lipinski definition) is 4. The molecule has 0 spiro atoms. The molecule has 2 aromatic carbocycles. The minimum atomic E-state index is -4.41. The normalized spacial score (nSPS) is 12.7. The van der Waals surface area contributed by atoms with E-state index in [4.69, 9.17) is 4.55 Å². The highest BCUT2D eigenvalue weighted by Crippen LogP contribution is 2.24. The van der Waals surface area contributed by atoms with Gasteiger partial charge in [0.15, 0.2) is 0 Å². The molecule has 0 aliphatic heterocycles. The Bertz CT molecular complexity index is 1380. The van der Waals surface area contributed by atoms with E-state index in [1.165, 1.54) is 30.6 Å². The Kier molecular flexibility index (Phi) is 10.5. The summed E-state index contributed by atoms with van der Waals surface area (Å²) >= 11 is 1.40. The molecule has 3 rings (SSSR count). The van der Waals surface area contributed by atoms with Crippen LogP contribution in [0.4, 0.5) is 5.69 Å². The summed E-state index contributed by atoms with van der Waals surface area (Å²) in [6.07, 6.45) is 0.714. The Hall–Kier alpha value is -3.81. The van der Waals surface area contributed by atoms with Gasteiger partial charge in [0.25, 0.3) is 0 Å². The van der Waals surface area contributed by atoms with Gasteiger partial charge in [0, 0.05) is 11.8 Å². The Morgan fingerprint density at radius 2 is 1.67 bits per heavy atom. The van der Waals surface area contributed by atoms with E-state index in [2.05, 4.69) is 20.4 Å². The summed E-state index contributed by atoms with van der Waals surface area (Å²) in [6, 6.07) is 14.0. The van der Waals surface area contributed by atoms with Gasteiger partial charge in [-0.05, 0) is 36.1 Å². The molecule has 2 unspecified atom stereocenters. The summed E-state index contributed by atoms with van der Waals surface area (Å²) in [7, 11) is -3.23. The van der Waals surface area contributed by atoms with E-state index >= 15 is 0 Å². The van der Waals surface area contributed by atoms with Crippen LogP contribution in [0, 0.1) is 0 Å². The minimum Gasteiger partial charge on any atom is -0.469 e. The highest BCUT2D eigenvalue weighted by molar-refractivity contribution is 7.87. The van der Waals surface area contributed by atoms with Gasteiger partial charge in [-0.25, -0.2) is 4.98 Å². The van der Waals surface area contributed by atoms with Gasteiger partial charge in [-0.1, -0.05) is 49.4 Å².